The van der Waals surface area contributed by atoms with E-state index in [2.05, 4.69) is 38.7 Å². The molecule has 3 atom stereocenters. The van der Waals surface area contributed by atoms with Crippen molar-refractivity contribution in [1.82, 2.24) is 25.1 Å². The highest BCUT2D eigenvalue weighted by atomic mass is 32.2. The fourth-order valence-electron chi connectivity index (χ4n) is 7.30. The van der Waals surface area contributed by atoms with Crippen molar-refractivity contribution in [2.75, 3.05) is 24.3 Å². The number of aromatic nitrogens is 5. The first kappa shape index (κ1) is 25.2. The van der Waals surface area contributed by atoms with Crippen molar-refractivity contribution >= 4 is 39.0 Å². The van der Waals surface area contributed by atoms with Gasteiger partial charge >= 0.3 is 0 Å². The molecule has 1 saturated heterocycles. The van der Waals surface area contributed by atoms with Crippen LogP contribution in [0.4, 0.5) is 5.82 Å². The molecular weight excluding hydrogens is 565 g/mol. The number of thioether (sulfide) groups is 1. The van der Waals surface area contributed by atoms with Crippen molar-refractivity contribution in [2.45, 2.75) is 50.0 Å². The Bertz CT molecular complexity index is 1840. The molecule has 0 bridgehead atoms. The van der Waals surface area contributed by atoms with E-state index in [4.69, 9.17) is 19.1 Å². The van der Waals surface area contributed by atoms with Crippen LogP contribution in [0, 0.1) is 24.7 Å². The fraction of sp³-hybridized carbons (Fsp3) is 0.406. The average molecular weight is 595 g/mol. The van der Waals surface area contributed by atoms with Crippen LogP contribution in [0.1, 0.15) is 47.4 Å². The molecule has 2 aliphatic heterocycles. The van der Waals surface area contributed by atoms with Crippen LogP contribution in [0.25, 0.3) is 32.0 Å². The molecule has 4 aliphatic rings. The second kappa shape index (κ2) is 9.86. The molecule has 5 aromatic rings. The van der Waals surface area contributed by atoms with E-state index in [0.29, 0.717) is 11.8 Å². The molecule has 2 aliphatic carbocycles. The van der Waals surface area contributed by atoms with E-state index in [1.807, 2.05) is 37.1 Å². The number of hydrogen-bond acceptors (Lipinski definition) is 10. The molecule has 212 valence electrons. The van der Waals surface area contributed by atoms with Gasteiger partial charge in [0.25, 0.3) is 0 Å². The van der Waals surface area contributed by atoms with Crippen molar-refractivity contribution in [3.63, 3.8) is 0 Å². The Hall–Kier alpha value is -3.34. The fourth-order valence-corrected chi connectivity index (χ4v) is 9.70. The predicted molar refractivity (Wildman–Crippen MR) is 164 cm³/mol. The zero-order chi connectivity index (χ0) is 27.8. The molecule has 5 aromatic heterocycles. The van der Waals surface area contributed by atoms with Crippen LogP contribution in [-0.2, 0) is 24.0 Å². The smallest absolute Gasteiger partial charge is 0.250 e. The van der Waals surface area contributed by atoms with Crippen molar-refractivity contribution in [2.24, 2.45) is 17.8 Å². The average Bonchev–Trinajstić information content (AvgIpc) is 3.71. The van der Waals surface area contributed by atoms with Gasteiger partial charge in [0, 0.05) is 52.5 Å². The van der Waals surface area contributed by atoms with Crippen LogP contribution in [0.3, 0.4) is 0 Å². The van der Waals surface area contributed by atoms with E-state index in [0.717, 1.165) is 85.9 Å². The van der Waals surface area contributed by atoms with Gasteiger partial charge in [0.15, 0.2) is 0 Å². The van der Waals surface area contributed by atoms with Crippen LogP contribution in [0.15, 0.2) is 46.0 Å². The van der Waals surface area contributed by atoms with Crippen molar-refractivity contribution in [3.8, 4) is 21.9 Å². The number of ether oxygens (including phenoxy) is 1. The summed E-state index contributed by atoms with van der Waals surface area (Å²) in [6, 6.07) is 8.86. The molecule has 0 radical (unpaired) electrons. The Balaban J connectivity index is 1.15. The van der Waals surface area contributed by atoms with Gasteiger partial charge in [-0.15, -0.1) is 33.3 Å². The molecule has 2 fully saturated rings. The number of anilines is 1. The minimum atomic E-state index is 0.217. The number of nitrogens with zero attached hydrogens (tertiary/aromatic N) is 5. The van der Waals surface area contributed by atoms with Crippen molar-refractivity contribution < 1.29 is 9.15 Å². The minimum Gasteiger partial charge on any atom is -0.421 e. The van der Waals surface area contributed by atoms with Gasteiger partial charge in [-0.3, -0.25) is 9.97 Å². The Morgan fingerprint density at radius 3 is 2.83 bits per heavy atom. The normalized spacial score (nSPS) is 23.7. The number of nitrogens with one attached hydrogen (secondary N) is 1. The summed E-state index contributed by atoms with van der Waals surface area (Å²) in [6.45, 7) is 3.69. The van der Waals surface area contributed by atoms with Crippen LogP contribution in [0.2, 0.25) is 0 Å². The van der Waals surface area contributed by atoms with Crippen LogP contribution in [0.5, 0.6) is 0 Å². The summed E-state index contributed by atoms with van der Waals surface area (Å²) in [5.41, 5.74) is 6.96. The lowest BCUT2D eigenvalue weighted by Gasteiger charge is -2.16. The number of fused-ring (bicyclic) bond motifs is 4. The van der Waals surface area contributed by atoms with Gasteiger partial charge < -0.3 is 14.5 Å². The number of pyridine rings is 3. The Kier molecular flexibility index (Phi) is 5.91. The molecule has 10 heteroatoms. The predicted octanol–water partition coefficient (Wildman–Crippen LogP) is 6.68. The topological polar surface area (TPSA) is 98.9 Å². The SMILES string of the molecule is Cc1nnc(-c2c(CCC3C4COCC34)nc3c(c2-c2cc4ccnc(NC5CCc6ncccc65)c4s2)SCC3)o1. The molecule has 0 aromatic carbocycles. The summed E-state index contributed by atoms with van der Waals surface area (Å²) < 4.78 is 13.0. The van der Waals surface area contributed by atoms with Crippen molar-refractivity contribution in [1.29, 1.82) is 0 Å². The highest BCUT2D eigenvalue weighted by molar-refractivity contribution is 7.99. The van der Waals surface area contributed by atoms with Gasteiger partial charge in [-0.25, -0.2) is 4.98 Å². The highest BCUT2D eigenvalue weighted by Crippen LogP contribution is 2.54. The van der Waals surface area contributed by atoms with Crippen LogP contribution < -0.4 is 5.32 Å². The lowest BCUT2D eigenvalue weighted by atomic mass is 9.98. The van der Waals surface area contributed by atoms with E-state index < -0.39 is 0 Å². The number of aryl methyl sites for hydroxylation is 4. The number of thiophene rings is 1. The lowest BCUT2D eigenvalue weighted by Crippen LogP contribution is -2.08. The maximum Gasteiger partial charge on any atom is 0.250 e. The number of rotatable bonds is 7. The van der Waals surface area contributed by atoms with Crippen molar-refractivity contribution in [3.05, 3.63) is 65.2 Å². The molecule has 7 heterocycles. The first-order valence-corrected chi connectivity index (χ1v) is 16.7. The Morgan fingerprint density at radius 1 is 1.02 bits per heavy atom. The summed E-state index contributed by atoms with van der Waals surface area (Å²) in [6.07, 6.45) is 8.84. The standard InChI is InChI=1S/C32H30N6O2S2/c1-16-37-38-32(40-16)27-24(5-4-18-20-14-39-15-21(18)20)35-25-9-12-41-30(25)28(27)26-13-17-8-11-34-31(29(17)42-26)36-23-7-6-22-19(23)3-2-10-33-22/h2-3,8,10-11,13,18,20-21,23H,4-7,9,12,14-15H2,1H3,(H,34,36). The minimum absolute atomic E-state index is 0.217. The van der Waals surface area contributed by atoms with E-state index in [-0.39, 0.29) is 6.04 Å². The molecule has 1 N–H and O–H groups in total. The third-order valence-electron chi connectivity index (χ3n) is 9.43. The van der Waals surface area contributed by atoms with E-state index >= 15 is 0 Å². The lowest BCUT2D eigenvalue weighted by molar-refractivity contribution is 0.149. The molecule has 1 saturated carbocycles. The maximum atomic E-state index is 6.13. The highest BCUT2D eigenvalue weighted by Gasteiger charge is 2.53. The van der Waals surface area contributed by atoms with E-state index in [1.54, 1.807) is 11.3 Å². The monoisotopic (exact) mass is 594 g/mol. The second-order valence-corrected chi connectivity index (χ2v) is 14.0. The second-order valence-electron chi connectivity index (χ2n) is 11.8. The number of hydrogen-bond donors (Lipinski definition) is 1. The van der Waals surface area contributed by atoms with Gasteiger partial charge in [0.05, 0.1) is 40.9 Å². The largest absolute Gasteiger partial charge is 0.421 e. The van der Waals surface area contributed by atoms with Gasteiger partial charge in [-0.05, 0) is 72.6 Å². The maximum absolute atomic E-state index is 6.13. The molecule has 0 amide bonds. The molecule has 42 heavy (non-hydrogen) atoms. The molecule has 3 unspecified atom stereocenters. The third kappa shape index (κ3) is 4.10. The van der Waals surface area contributed by atoms with Gasteiger partial charge in [-0.2, -0.15) is 0 Å². The Labute approximate surface area is 251 Å². The van der Waals surface area contributed by atoms with Gasteiger partial charge in [0.2, 0.25) is 11.8 Å². The quantitative estimate of drug-likeness (QED) is 0.221. The van der Waals surface area contributed by atoms with Gasteiger partial charge in [-0.1, -0.05) is 6.07 Å². The van der Waals surface area contributed by atoms with Crippen LogP contribution in [-0.4, -0.2) is 44.1 Å². The van der Waals surface area contributed by atoms with E-state index in [1.165, 1.54) is 42.4 Å². The van der Waals surface area contributed by atoms with Gasteiger partial charge in [0.1, 0.15) is 5.82 Å². The molecular formula is C32H30N6O2S2. The third-order valence-corrected chi connectivity index (χ3v) is 11.7. The first-order valence-electron chi connectivity index (χ1n) is 14.9. The summed E-state index contributed by atoms with van der Waals surface area (Å²) in [5.74, 6) is 5.32. The first-order chi connectivity index (χ1) is 20.7. The summed E-state index contributed by atoms with van der Waals surface area (Å²) in [5, 5.41) is 13.7. The zero-order valence-corrected chi connectivity index (χ0v) is 24.9. The zero-order valence-electron chi connectivity index (χ0n) is 23.3. The summed E-state index contributed by atoms with van der Waals surface area (Å²) in [4.78, 5) is 17.1. The van der Waals surface area contributed by atoms with E-state index in [9.17, 15) is 0 Å². The van der Waals surface area contributed by atoms with Crippen LogP contribution >= 0.6 is 23.1 Å². The summed E-state index contributed by atoms with van der Waals surface area (Å²) >= 11 is 3.69. The Morgan fingerprint density at radius 2 is 1.95 bits per heavy atom. The molecule has 0 spiro atoms. The summed E-state index contributed by atoms with van der Waals surface area (Å²) in [7, 11) is 0. The molecule has 8 nitrogen and oxygen atoms in total. The molecule has 9 rings (SSSR count).